The molecule has 7 nitrogen and oxygen atoms in total. The third-order valence-corrected chi connectivity index (χ3v) is 4.79. The van der Waals surface area contributed by atoms with Crippen molar-refractivity contribution in [3.8, 4) is 0 Å². The lowest BCUT2D eigenvalue weighted by atomic mass is 10.2. The van der Waals surface area contributed by atoms with Crippen LogP contribution in [0.4, 0.5) is 30.2 Å². The maximum absolute atomic E-state index is 13.0. The maximum atomic E-state index is 13.0. The number of nitrogens with one attached hydrogen (secondary N) is 3. The fraction of sp³-hybridized carbons (Fsp3) is 0.286. The minimum atomic E-state index is -4.65. The van der Waals surface area contributed by atoms with Crippen LogP contribution in [0.2, 0.25) is 5.02 Å². The molecule has 3 N–H and O–H groups in total. The Hall–Kier alpha value is -3.11. The Morgan fingerprint density at radius 2 is 1.50 bits per heavy atom. The van der Waals surface area contributed by atoms with Gasteiger partial charge in [-0.1, -0.05) is 11.6 Å². The van der Waals surface area contributed by atoms with Crippen LogP contribution in [0, 0.1) is 0 Å². The molecule has 2 aromatic rings. The number of benzene rings is 2. The van der Waals surface area contributed by atoms with Gasteiger partial charge >= 0.3 is 6.18 Å². The van der Waals surface area contributed by atoms with E-state index in [4.69, 9.17) is 11.6 Å². The van der Waals surface area contributed by atoms with Gasteiger partial charge in [0.15, 0.2) is 0 Å². The summed E-state index contributed by atoms with van der Waals surface area (Å²) in [4.78, 5) is 37.2. The first kappa shape index (κ1) is 25.2. The van der Waals surface area contributed by atoms with Crippen molar-refractivity contribution in [1.82, 2.24) is 4.90 Å². The molecule has 0 aromatic heterocycles. The summed E-state index contributed by atoms with van der Waals surface area (Å²) >= 11 is 5.57. The van der Waals surface area contributed by atoms with Gasteiger partial charge in [-0.15, -0.1) is 0 Å². The van der Waals surface area contributed by atoms with E-state index in [2.05, 4.69) is 16.0 Å². The molecule has 1 atom stereocenters. The van der Waals surface area contributed by atoms with Gasteiger partial charge in [-0.25, -0.2) is 0 Å². The van der Waals surface area contributed by atoms with Gasteiger partial charge in [-0.05, 0) is 56.4 Å². The van der Waals surface area contributed by atoms with E-state index < -0.39 is 34.6 Å². The SMILES string of the molecule is CC(=O)Nc1ccc(NC(=O)[C@H](C)N(C)CC(=O)Nc2ccc(Cl)c(C(F)(F)F)c2)cc1. The Balaban J connectivity index is 1.93. The number of rotatable bonds is 7. The number of halogens is 4. The summed E-state index contributed by atoms with van der Waals surface area (Å²) in [6.07, 6.45) is -4.65. The zero-order valence-electron chi connectivity index (χ0n) is 17.5. The lowest BCUT2D eigenvalue weighted by molar-refractivity contribution is -0.137. The molecule has 0 bridgehead atoms. The summed E-state index contributed by atoms with van der Waals surface area (Å²) < 4.78 is 38.9. The highest BCUT2D eigenvalue weighted by molar-refractivity contribution is 6.31. The van der Waals surface area contributed by atoms with Gasteiger partial charge in [-0.2, -0.15) is 13.2 Å². The van der Waals surface area contributed by atoms with E-state index in [1.807, 2.05) is 0 Å². The average Bonchev–Trinajstić information content (AvgIpc) is 2.69. The quantitative estimate of drug-likeness (QED) is 0.565. The third kappa shape index (κ3) is 7.24. The lowest BCUT2D eigenvalue weighted by Crippen LogP contribution is -2.43. The zero-order valence-corrected chi connectivity index (χ0v) is 18.3. The Bertz CT molecular complexity index is 997. The van der Waals surface area contributed by atoms with Crippen LogP contribution >= 0.6 is 11.6 Å². The molecule has 0 radical (unpaired) electrons. The first-order valence-corrected chi connectivity index (χ1v) is 9.80. The van der Waals surface area contributed by atoms with Crippen LogP contribution in [-0.2, 0) is 20.6 Å². The van der Waals surface area contributed by atoms with Gasteiger partial charge in [-0.3, -0.25) is 19.3 Å². The molecule has 2 aromatic carbocycles. The average molecular weight is 471 g/mol. The predicted molar refractivity (Wildman–Crippen MR) is 117 cm³/mol. The van der Waals surface area contributed by atoms with Crippen molar-refractivity contribution in [2.45, 2.75) is 26.1 Å². The number of amides is 3. The van der Waals surface area contributed by atoms with Gasteiger partial charge in [0, 0.05) is 24.0 Å². The Morgan fingerprint density at radius 1 is 0.969 bits per heavy atom. The number of likely N-dealkylation sites (N-methyl/N-ethyl adjacent to an activating group) is 1. The fourth-order valence-corrected chi connectivity index (χ4v) is 2.90. The molecule has 0 unspecified atom stereocenters. The highest BCUT2D eigenvalue weighted by Crippen LogP contribution is 2.36. The van der Waals surface area contributed by atoms with Crippen LogP contribution in [0.1, 0.15) is 19.4 Å². The van der Waals surface area contributed by atoms with Crippen LogP contribution in [-0.4, -0.2) is 42.3 Å². The summed E-state index contributed by atoms with van der Waals surface area (Å²) in [6, 6.07) is 8.82. The molecule has 0 heterocycles. The first-order valence-electron chi connectivity index (χ1n) is 9.42. The monoisotopic (exact) mass is 470 g/mol. The standard InChI is InChI=1S/C21H22ClF3N4O3/c1-12(20(32)28-15-6-4-14(5-7-15)26-13(2)30)29(3)11-19(31)27-16-8-9-18(22)17(10-16)21(23,24)25/h4-10,12H,11H2,1-3H3,(H,26,30)(H,27,31)(H,28,32)/t12-/m0/s1. The van der Waals surface area contributed by atoms with Crippen molar-refractivity contribution in [2.24, 2.45) is 0 Å². The summed E-state index contributed by atoms with van der Waals surface area (Å²) in [6.45, 7) is 2.73. The Labute approximate surface area is 187 Å². The van der Waals surface area contributed by atoms with Gasteiger partial charge in [0.1, 0.15) is 0 Å². The van der Waals surface area contributed by atoms with Crippen LogP contribution in [0.25, 0.3) is 0 Å². The van der Waals surface area contributed by atoms with Gasteiger partial charge in [0.05, 0.1) is 23.2 Å². The molecule has 0 aliphatic heterocycles. The van der Waals surface area contributed by atoms with Crippen molar-refractivity contribution in [2.75, 3.05) is 29.5 Å². The molecular weight excluding hydrogens is 449 g/mol. The first-order chi connectivity index (χ1) is 14.9. The summed E-state index contributed by atoms with van der Waals surface area (Å²) in [7, 11) is 1.53. The molecule has 0 spiro atoms. The van der Waals surface area contributed by atoms with Crippen LogP contribution in [0.5, 0.6) is 0 Å². The zero-order chi connectivity index (χ0) is 24.1. The van der Waals surface area contributed by atoms with E-state index in [9.17, 15) is 27.6 Å². The van der Waals surface area contributed by atoms with Crippen molar-refractivity contribution in [3.05, 3.63) is 53.1 Å². The lowest BCUT2D eigenvalue weighted by Gasteiger charge is -2.23. The number of nitrogens with zero attached hydrogens (tertiary/aromatic N) is 1. The minimum Gasteiger partial charge on any atom is -0.326 e. The third-order valence-electron chi connectivity index (χ3n) is 4.46. The largest absolute Gasteiger partial charge is 0.417 e. The van der Waals surface area contributed by atoms with Gasteiger partial charge < -0.3 is 16.0 Å². The van der Waals surface area contributed by atoms with E-state index in [0.29, 0.717) is 11.4 Å². The molecule has 172 valence electrons. The number of hydrogen-bond donors (Lipinski definition) is 3. The fourth-order valence-electron chi connectivity index (χ4n) is 2.67. The summed E-state index contributed by atoms with van der Waals surface area (Å²) in [5.74, 6) is -1.20. The highest BCUT2D eigenvalue weighted by Gasteiger charge is 2.33. The molecule has 2 rings (SSSR count). The van der Waals surface area contributed by atoms with Crippen molar-refractivity contribution in [1.29, 1.82) is 0 Å². The molecule has 11 heteroatoms. The van der Waals surface area contributed by atoms with Crippen molar-refractivity contribution < 1.29 is 27.6 Å². The van der Waals surface area contributed by atoms with Crippen molar-refractivity contribution >= 4 is 46.4 Å². The second-order valence-corrected chi connectivity index (χ2v) is 7.49. The van der Waals surface area contributed by atoms with Crippen LogP contribution in [0.15, 0.2) is 42.5 Å². The molecule has 32 heavy (non-hydrogen) atoms. The van der Waals surface area contributed by atoms with E-state index in [0.717, 1.165) is 12.1 Å². The summed E-state index contributed by atoms with van der Waals surface area (Å²) in [5, 5.41) is 7.20. The predicted octanol–water partition coefficient (Wildman–Crippen LogP) is 4.21. The number of carbonyl (C=O) groups excluding carboxylic acids is 3. The number of hydrogen-bond acceptors (Lipinski definition) is 4. The summed E-state index contributed by atoms with van der Waals surface area (Å²) in [5.41, 5.74) is -0.0399. The molecule has 0 saturated carbocycles. The number of anilines is 3. The number of carbonyl (C=O) groups is 3. The van der Waals surface area contributed by atoms with Crippen LogP contribution in [0.3, 0.4) is 0 Å². The van der Waals surface area contributed by atoms with Gasteiger partial charge in [0.25, 0.3) is 0 Å². The van der Waals surface area contributed by atoms with E-state index in [1.165, 1.54) is 24.9 Å². The molecule has 0 saturated heterocycles. The normalized spacial score (nSPS) is 12.2. The Kier molecular flexibility index (Phi) is 8.23. The van der Waals surface area contributed by atoms with E-state index >= 15 is 0 Å². The molecule has 3 amide bonds. The molecule has 0 aliphatic carbocycles. The van der Waals surface area contributed by atoms with E-state index in [1.54, 1.807) is 31.2 Å². The smallest absolute Gasteiger partial charge is 0.326 e. The van der Waals surface area contributed by atoms with Crippen molar-refractivity contribution in [3.63, 3.8) is 0 Å². The topological polar surface area (TPSA) is 90.5 Å². The second kappa shape index (κ2) is 10.5. The minimum absolute atomic E-state index is 0.0588. The Morgan fingerprint density at radius 3 is 2.03 bits per heavy atom. The number of alkyl halides is 3. The van der Waals surface area contributed by atoms with Crippen LogP contribution < -0.4 is 16.0 Å². The maximum Gasteiger partial charge on any atom is 0.417 e. The highest BCUT2D eigenvalue weighted by atomic mass is 35.5. The second-order valence-electron chi connectivity index (χ2n) is 7.08. The van der Waals surface area contributed by atoms with Gasteiger partial charge in [0.2, 0.25) is 17.7 Å². The molecule has 0 aliphatic rings. The molecular formula is C21H22ClF3N4O3. The van der Waals surface area contributed by atoms with E-state index in [-0.39, 0.29) is 18.1 Å². The molecule has 0 fully saturated rings.